The normalized spacial score (nSPS) is 37.4. The van der Waals surface area contributed by atoms with Crippen LogP contribution < -0.4 is 4.72 Å². The summed E-state index contributed by atoms with van der Waals surface area (Å²) in [5, 5.41) is -0.974. The first-order valence-electron chi connectivity index (χ1n) is 5.87. The van der Waals surface area contributed by atoms with Gasteiger partial charge >= 0.3 is 0 Å². The Kier molecular flexibility index (Phi) is 3.52. The average molecular weight is 331 g/mol. The molecule has 10 heteroatoms. The quantitative estimate of drug-likeness (QED) is 0.685. The summed E-state index contributed by atoms with van der Waals surface area (Å²) in [5.74, 6) is -0.799. The van der Waals surface area contributed by atoms with E-state index in [4.69, 9.17) is 0 Å². The molecule has 2 aliphatic rings. The Morgan fingerprint density at radius 3 is 2.16 bits per heavy atom. The summed E-state index contributed by atoms with van der Waals surface area (Å²) in [6.07, 6.45) is 0.286. The Labute approximate surface area is 113 Å². The second-order valence-electron chi connectivity index (χ2n) is 5.57. The topological polar surface area (TPSA) is 114 Å². The maximum Gasteiger partial charge on any atom is 0.216 e. The first-order valence-corrected chi connectivity index (χ1v) is 11.1. The van der Waals surface area contributed by atoms with Gasteiger partial charge in [0.2, 0.25) is 10.0 Å². The Balaban J connectivity index is 2.15. The van der Waals surface area contributed by atoms with Gasteiger partial charge in [-0.2, -0.15) is 0 Å². The van der Waals surface area contributed by atoms with Crippen molar-refractivity contribution in [3.05, 3.63) is 0 Å². The molecule has 0 spiro atoms. The number of hydrogen-bond acceptors (Lipinski definition) is 6. The SMILES string of the molecule is C[C@]1(NS(=O)(=O)[C@@H]2CCS(=O)(=O)C2)CCS(=O)(=O)C1. The molecule has 2 fully saturated rings. The van der Waals surface area contributed by atoms with Gasteiger partial charge in [0.05, 0.1) is 28.3 Å². The summed E-state index contributed by atoms with van der Waals surface area (Å²) in [4.78, 5) is 0. The second-order valence-corrected chi connectivity index (χ2v) is 11.9. The van der Waals surface area contributed by atoms with Crippen LogP contribution in [0.5, 0.6) is 0 Å². The average Bonchev–Trinajstić information content (AvgIpc) is 2.66. The van der Waals surface area contributed by atoms with E-state index in [9.17, 15) is 25.3 Å². The molecule has 7 nitrogen and oxygen atoms in total. The van der Waals surface area contributed by atoms with Gasteiger partial charge in [-0.15, -0.1) is 0 Å². The minimum atomic E-state index is -3.82. The van der Waals surface area contributed by atoms with Crippen LogP contribution in [0.4, 0.5) is 0 Å². The number of nitrogens with one attached hydrogen (secondary N) is 1. The van der Waals surface area contributed by atoms with Gasteiger partial charge in [-0.05, 0) is 19.8 Å². The third kappa shape index (κ3) is 3.47. The molecular weight excluding hydrogens is 314 g/mol. The molecule has 2 heterocycles. The van der Waals surface area contributed by atoms with Crippen LogP contribution in [0.1, 0.15) is 19.8 Å². The zero-order valence-corrected chi connectivity index (χ0v) is 12.9. The first kappa shape index (κ1) is 15.2. The van der Waals surface area contributed by atoms with Crippen LogP contribution in [0.2, 0.25) is 0 Å². The molecule has 1 N–H and O–H groups in total. The van der Waals surface area contributed by atoms with E-state index in [1.165, 1.54) is 0 Å². The molecular formula is C9H17NO6S3. The third-order valence-electron chi connectivity index (χ3n) is 3.52. The number of sulfonamides is 1. The molecule has 0 radical (unpaired) electrons. The molecule has 0 saturated carbocycles. The molecule has 0 aromatic carbocycles. The molecule has 0 aromatic rings. The van der Waals surface area contributed by atoms with E-state index in [2.05, 4.69) is 4.72 Å². The van der Waals surface area contributed by atoms with Crippen LogP contribution in [-0.2, 0) is 29.7 Å². The van der Waals surface area contributed by atoms with E-state index >= 15 is 0 Å². The lowest BCUT2D eigenvalue weighted by Crippen LogP contribution is -2.50. The Bertz CT molecular complexity index is 677. The summed E-state index contributed by atoms with van der Waals surface area (Å²) < 4.78 is 72.1. The van der Waals surface area contributed by atoms with Crippen LogP contribution in [0.3, 0.4) is 0 Å². The fourth-order valence-electron chi connectivity index (χ4n) is 2.52. The van der Waals surface area contributed by atoms with Crippen molar-refractivity contribution < 1.29 is 25.3 Å². The maximum absolute atomic E-state index is 12.1. The lowest BCUT2D eigenvalue weighted by Gasteiger charge is -2.25. The summed E-state index contributed by atoms with van der Waals surface area (Å²) in [7, 11) is -10.3. The van der Waals surface area contributed by atoms with E-state index in [0.29, 0.717) is 0 Å². The van der Waals surface area contributed by atoms with Gasteiger partial charge in [0.25, 0.3) is 0 Å². The molecule has 2 saturated heterocycles. The van der Waals surface area contributed by atoms with Crippen molar-refractivity contribution in [2.45, 2.75) is 30.6 Å². The zero-order valence-electron chi connectivity index (χ0n) is 10.5. The Morgan fingerprint density at radius 1 is 1.11 bits per heavy atom. The van der Waals surface area contributed by atoms with E-state index < -0.39 is 40.5 Å². The van der Waals surface area contributed by atoms with Crippen LogP contribution in [0.15, 0.2) is 0 Å². The van der Waals surface area contributed by atoms with Crippen LogP contribution in [-0.4, -0.2) is 59.1 Å². The monoisotopic (exact) mass is 331 g/mol. The standard InChI is InChI=1S/C9H17NO6S3/c1-9(3-5-18(13,14)7-9)10-19(15,16)8-2-4-17(11,12)6-8/h8,10H,2-7H2,1H3/t8-,9+/m1/s1. The summed E-state index contributed by atoms with van der Waals surface area (Å²) >= 11 is 0. The highest BCUT2D eigenvalue weighted by atomic mass is 32.2. The third-order valence-corrected chi connectivity index (χ3v) is 9.46. The number of sulfone groups is 2. The highest BCUT2D eigenvalue weighted by molar-refractivity contribution is 7.95. The first-order chi connectivity index (χ1) is 8.43. The van der Waals surface area contributed by atoms with E-state index in [0.717, 1.165) is 0 Å². The van der Waals surface area contributed by atoms with Crippen molar-refractivity contribution >= 4 is 29.7 Å². The fourth-order valence-corrected chi connectivity index (χ4v) is 9.20. The van der Waals surface area contributed by atoms with Gasteiger partial charge in [-0.25, -0.2) is 30.0 Å². The Morgan fingerprint density at radius 2 is 1.74 bits per heavy atom. The van der Waals surface area contributed by atoms with E-state index in [1.807, 2.05) is 0 Å². The maximum atomic E-state index is 12.1. The summed E-state index contributed by atoms with van der Waals surface area (Å²) in [6, 6.07) is 0. The molecule has 0 unspecified atom stereocenters. The van der Waals surface area contributed by atoms with Crippen molar-refractivity contribution in [1.29, 1.82) is 0 Å². The van der Waals surface area contributed by atoms with E-state index in [1.54, 1.807) is 6.92 Å². The lowest BCUT2D eigenvalue weighted by molar-refractivity contribution is 0.457. The molecule has 0 aromatic heterocycles. The van der Waals surface area contributed by atoms with Gasteiger partial charge in [-0.3, -0.25) is 0 Å². The lowest BCUT2D eigenvalue weighted by atomic mass is 10.0. The van der Waals surface area contributed by atoms with Gasteiger partial charge in [0, 0.05) is 5.54 Å². The largest absolute Gasteiger partial charge is 0.229 e. The molecule has 0 aliphatic carbocycles. The molecule has 2 atom stereocenters. The molecule has 0 bridgehead atoms. The minimum Gasteiger partial charge on any atom is -0.229 e. The molecule has 19 heavy (non-hydrogen) atoms. The second kappa shape index (κ2) is 4.40. The van der Waals surface area contributed by atoms with Crippen LogP contribution in [0, 0.1) is 0 Å². The van der Waals surface area contributed by atoms with Crippen LogP contribution >= 0.6 is 0 Å². The number of hydrogen-bond donors (Lipinski definition) is 1. The van der Waals surface area contributed by atoms with Gasteiger partial charge in [-0.1, -0.05) is 0 Å². The van der Waals surface area contributed by atoms with Crippen molar-refractivity contribution in [2.24, 2.45) is 0 Å². The molecule has 112 valence electrons. The predicted molar refractivity (Wildman–Crippen MR) is 70.8 cm³/mol. The van der Waals surface area contributed by atoms with Crippen molar-refractivity contribution in [3.63, 3.8) is 0 Å². The fraction of sp³-hybridized carbons (Fsp3) is 1.00. The smallest absolute Gasteiger partial charge is 0.216 e. The summed E-state index contributed by atoms with van der Waals surface area (Å²) in [6.45, 7) is 1.54. The van der Waals surface area contributed by atoms with Gasteiger partial charge in [0.15, 0.2) is 19.7 Å². The van der Waals surface area contributed by atoms with Crippen molar-refractivity contribution in [2.75, 3.05) is 23.0 Å². The molecule has 2 rings (SSSR count). The Hall–Kier alpha value is -0.190. The summed E-state index contributed by atoms with van der Waals surface area (Å²) in [5.41, 5.74) is -1.02. The number of rotatable bonds is 3. The van der Waals surface area contributed by atoms with E-state index in [-0.39, 0.29) is 35.9 Å². The van der Waals surface area contributed by atoms with Crippen LogP contribution in [0.25, 0.3) is 0 Å². The zero-order chi connectivity index (χ0) is 14.5. The highest BCUT2D eigenvalue weighted by Crippen LogP contribution is 2.26. The molecule has 0 amide bonds. The van der Waals surface area contributed by atoms with Crippen molar-refractivity contribution in [1.82, 2.24) is 4.72 Å². The predicted octanol–water partition coefficient (Wildman–Crippen LogP) is -1.33. The highest BCUT2D eigenvalue weighted by Gasteiger charge is 2.45. The minimum absolute atomic E-state index is 0.0466. The van der Waals surface area contributed by atoms with Gasteiger partial charge < -0.3 is 0 Å². The van der Waals surface area contributed by atoms with Crippen molar-refractivity contribution in [3.8, 4) is 0 Å². The molecule has 2 aliphatic heterocycles. The van der Waals surface area contributed by atoms with Gasteiger partial charge in [0.1, 0.15) is 0 Å².